The quantitative estimate of drug-likeness (QED) is 0.571. The van der Waals surface area contributed by atoms with E-state index in [1.54, 1.807) is 25.1 Å². The van der Waals surface area contributed by atoms with Crippen LogP contribution in [0.4, 0.5) is 0 Å². The fourth-order valence-corrected chi connectivity index (χ4v) is 5.89. The molecule has 2 heterocycles. The van der Waals surface area contributed by atoms with Gasteiger partial charge in [0.2, 0.25) is 10.0 Å². The molecule has 7 nitrogen and oxygen atoms in total. The van der Waals surface area contributed by atoms with Crippen molar-refractivity contribution >= 4 is 44.2 Å². The lowest BCUT2D eigenvalue weighted by atomic mass is 10.1. The summed E-state index contributed by atoms with van der Waals surface area (Å²) in [5.41, 5.74) is 1.14. The van der Waals surface area contributed by atoms with E-state index >= 15 is 0 Å². The molecule has 1 fully saturated rings. The van der Waals surface area contributed by atoms with Gasteiger partial charge < -0.3 is 9.52 Å². The first-order valence-corrected chi connectivity index (χ1v) is 11.8. The first-order valence-electron chi connectivity index (χ1n) is 9.59. The zero-order valence-corrected chi connectivity index (χ0v) is 19.0. The van der Waals surface area contributed by atoms with E-state index in [2.05, 4.69) is 4.90 Å². The third-order valence-corrected chi connectivity index (χ3v) is 8.07. The Bertz CT molecular complexity index is 1320. The minimum absolute atomic E-state index is 0.00272. The molecule has 31 heavy (non-hydrogen) atoms. The second kappa shape index (κ2) is 8.44. The molecule has 0 bridgehead atoms. The summed E-state index contributed by atoms with van der Waals surface area (Å²) in [6.07, 6.45) is 0. The van der Waals surface area contributed by atoms with E-state index in [0.717, 1.165) is 10.9 Å². The maximum atomic E-state index is 13.0. The minimum Gasteiger partial charge on any atom is -0.508 e. The lowest BCUT2D eigenvalue weighted by Crippen LogP contribution is -2.48. The summed E-state index contributed by atoms with van der Waals surface area (Å²) in [7, 11) is -3.77. The number of phenols is 1. The first kappa shape index (κ1) is 22.1. The van der Waals surface area contributed by atoms with Crippen molar-refractivity contribution in [1.29, 1.82) is 0 Å². The predicted molar refractivity (Wildman–Crippen MR) is 119 cm³/mol. The fourth-order valence-electron chi connectivity index (χ4n) is 3.73. The van der Waals surface area contributed by atoms with Crippen molar-refractivity contribution in [2.24, 2.45) is 0 Å². The molecule has 0 saturated carbocycles. The first-order chi connectivity index (χ1) is 14.7. The molecule has 1 aromatic heterocycles. The van der Waals surface area contributed by atoms with Gasteiger partial charge >= 0.3 is 5.63 Å². The van der Waals surface area contributed by atoms with Gasteiger partial charge in [0.05, 0.1) is 5.02 Å². The molecule has 164 valence electrons. The molecule has 1 saturated heterocycles. The third kappa shape index (κ3) is 4.31. The van der Waals surface area contributed by atoms with Crippen LogP contribution in [0, 0.1) is 6.92 Å². The molecule has 0 unspecified atom stereocenters. The van der Waals surface area contributed by atoms with E-state index in [0.29, 0.717) is 35.8 Å². The van der Waals surface area contributed by atoms with E-state index in [1.807, 2.05) is 0 Å². The number of fused-ring (bicyclic) bond motifs is 1. The molecular weight excluding hydrogens is 463 g/mol. The molecule has 1 aliphatic rings. The van der Waals surface area contributed by atoms with Crippen molar-refractivity contribution in [3.05, 3.63) is 68.0 Å². The summed E-state index contributed by atoms with van der Waals surface area (Å²) in [6.45, 7) is 3.67. The monoisotopic (exact) mass is 482 g/mol. The Morgan fingerprint density at radius 2 is 1.77 bits per heavy atom. The second-order valence-electron chi connectivity index (χ2n) is 7.43. The summed E-state index contributed by atoms with van der Waals surface area (Å²) >= 11 is 12.1. The topological polar surface area (TPSA) is 91.1 Å². The number of phenolic OH excluding ortho intramolecular Hbond substituents is 1. The van der Waals surface area contributed by atoms with Crippen molar-refractivity contribution < 1.29 is 17.9 Å². The number of sulfonamides is 1. The number of hydrogen-bond donors (Lipinski definition) is 1. The van der Waals surface area contributed by atoms with Gasteiger partial charge in [-0.05, 0) is 42.8 Å². The zero-order chi connectivity index (χ0) is 22.3. The van der Waals surface area contributed by atoms with Gasteiger partial charge in [-0.15, -0.1) is 0 Å². The molecule has 0 spiro atoms. The number of aryl methyl sites for hydroxylation is 1. The zero-order valence-electron chi connectivity index (χ0n) is 16.6. The number of benzene rings is 2. The Kier molecular flexibility index (Phi) is 6.02. The third-order valence-electron chi connectivity index (χ3n) is 5.45. The van der Waals surface area contributed by atoms with Crippen LogP contribution in [0.25, 0.3) is 11.0 Å². The standard InChI is InChI=1S/C21H20Cl2N2O5S/c1-13-18(26)5-3-16-14(10-20(27)30-21(13)16)12-24-6-8-25(9-7-24)31(28,29)19-11-15(22)2-4-17(19)23/h2-5,10-11,26H,6-9,12H2,1H3. The molecule has 1 aliphatic heterocycles. The molecule has 1 N–H and O–H groups in total. The molecule has 0 amide bonds. The molecular formula is C21H20Cl2N2O5S. The number of nitrogens with zero attached hydrogens (tertiary/aromatic N) is 2. The largest absolute Gasteiger partial charge is 0.508 e. The van der Waals surface area contributed by atoms with E-state index < -0.39 is 15.6 Å². The molecule has 3 aromatic rings. The Hall–Kier alpha value is -2.10. The molecule has 0 aliphatic carbocycles. The Morgan fingerprint density at radius 1 is 1.06 bits per heavy atom. The van der Waals surface area contributed by atoms with Crippen LogP contribution in [0.2, 0.25) is 10.0 Å². The summed E-state index contributed by atoms with van der Waals surface area (Å²) in [5.74, 6) is 0.0614. The normalized spacial score (nSPS) is 16.1. The molecule has 10 heteroatoms. The number of piperazine rings is 1. The highest BCUT2D eigenvalue weighted by molar-refractivity contribution is 7.89. The fraction of sp³-hybridized carbons (Fsp3) is 0.286. The van der Waals surface area contributed by atoms with Gasteiger partial charge in [-0.2, -0.15) is 4.31 Å². The van der Waals surface area contributed by atoms with Gasteiger partial charge in [-0.1, -0.05) is 23.2 Å². The number of aromatic hydroxyl groups is 1. The van der Waals surface area contributed by atoms with Crippen LogP contribution in [0.15, 0.2) is 50.5 Å². The summed E-state index contributed by atoms with van der Waals surface area (Å²) in [4.78, 5) is 14.1. The van der Waals surface area contributed by atoms with Gasteiger partial charge in [-0.3, -0.25) is 4.90 Å². The van der Waals surface area contributed by atoms with Crippen LogP contribution in [-0.4, -0.2) is 48.9 Å². The summed E-state index contributed by atoms with van der Waals surface area (Å²) in [6, 6.07) is 9.10. The Morgan fingerprint density at radius 3 is 2.48 bits per heavy atom. The molecule has 4 rings (SSSR count). The number of hydrogen-bond acceptors (Lipinski definition) is 6. The number of rotatable bonds is 4. The van der Waals surface area contributed by atoms with Crippen LogP contribution in [0.5, 0.6) is 5.75 Å². The highest BCUT2D eigenvalue weighted by Gasteiger charge is 2.30. The Labute approximate surface area is 189 Å². The summed E-state index contributed by atoms with van der Waals surface area (Å²) in [5, 5.41) is 11.1. The van der Waals surface area contributed by atoms with Crippen molar-refractivity contribution in [3.8, 4) is 5.75 Å². The van der Waals surface area contributed by atoms with Crippen molar-refractivity contribution in [2.45, 2.75) is 18.4 Å². The smallest absolute Gasteiger partial charge is 0.336 e. The van der Waals surface area contributed by atoms with Gasteiger partial charge in [-0.25, -0.2) is 13.2 Å². The minimum atomic E-state index is -3.77. The van der Waals surface area contributed by atoms with Gasteiger partial charge in [0, 0.05) is 54.8 Å². The second-order valence-corrected chi connectivity index (χ2v) is 10.2. The lowest BCUT2D eigenvalue weighted by molar-refractivity contribution is 0.182. The maximum absolute atomic E-state index is 13.0. The van der Waals surface area contributed by atoms with E-state index in [1.165, 1.54) is 22.5 Å². The van der Waals surface area contributed by atoms with Crippen LogP contribution < -0.4 is 5.63 Å². The van der Waals surface area contributed by atoms with Gasteiger partial charge in [0.1, 0.15) is 16.2 Å². The van der Waals surface area contributed by atoms with Gasteiger partial charge in [0.25, 0.3) is 0 Å². The molecule has 2 aromatic carbocycles. The van der Waals surface area contributed by atoms with E-state index in [9.17, 15) is 18.3 Å². The molecule has 0 atom stereocenters. The van der Waals surface area contributed by atoms with Crippen LogP contribution >= 0.6 is 23.2 Å². The lowest BCUT2D eigenvalue weighted by Gasteiger charge is -2.34. The molecule has 0 radical (unpaired) electrons. The van der Waals surface area contributed by atoms with Crippen molar-refractivity contribution in [1.82, 2.24) is 9.21 Å². The van der Waals surface area contributed by atoms with Crippen LogP contribution in [-0.2, 0) is 16.6 Å². The van der Waals surface area contributed by atoms with Crippen LogP contribution in [0.3, 0.4) is 0 Å². The van der Waals surface area contributed by atoms with E-state index in [-0.39, 0.29) is 28.8 Å². The maximum Gasteiger partial charge on any atom is 0.336 e. The highest BCUT2D eigenvalue weighted by atomic mass is 35.5. The predicted octanol–water partition coefficient (Wildman–Crippen LogP) is 3.62. The average Bonchev–Trinajstić information content (AvgIpc) is 2.73. The van der Waals surface area contributed by atoms with Crippen molar-refractivity contribution in [3.63, 3.8) is 0 Å². The van der Waals surface area contributed by atoms with Gasteiger partial charge in [0.15, 0.2) is 0 Å². The number of halogens is 2. The SMILES string of the molecule is Cc1c(O)ccc2c(CN3CCN(S(=O)(=O)c4cc(Cl)ccc4Cl)CC3)cc(=O)oc12. The average molecular weight is 483 g/mol. The van der Waals surface area contributed by atoms with Crippen molar-refractivity contribution in [2.75, 3.05) is 26.2 Å². The highest BCUT2D eigenvalue weighted by Crippen LogP contribution is 2.30. The van der Waals surface area contributed by atoms with E-state index in [4.69, 9.17) is 27.6 Å². The Balaban J connectivity index is 1.53. The van der Waals surface area contributed by atoms with Crippen LogP contribution in [0.1, 0.15) is 11.1 Å². The summed E-state index contributed by atoms with van der Waals surface area (Å²) < 4.78 is 32.7.